The van der Waals surface area contributed by atoms with Gasteiger partial charge < -0.3 is 4.74 Å². The lowest BCUT2D eigenvalue weighted by Gasteiger charge is -2.16. The highest BCUT2D eigenvalue weighted by molar-refractivity contribution is 7.89. The van der Waals surface area contributed by atoms with E-state index in [1.165, 1.54) is 23.6 Å². The summed E-state index contributed by atoms with van der Waals surface area (Å²) in [6.07, 6.45) is 2.12. The van der Waals surface area contributed by atoms with Crippen LogP contribution in [-0.4, -0.2) is 45.0 Å². The van der Waals surface area contributed by atoms with Crippen molar-refractivity contribution in [2.24, 2.45) is 0 Å². The third-order valence-corrected chi connectivity index (χ3v) is 4.53. The summed E-state index contributed by atoms with van der Waals surface area (Å²) in [7, 11) is -0.407. The van der Waals surface area contributed by atoms with Gasteiger partial charge in [0, 0.05) is 39.4 Å². The fraction of sp³-hybridized carbons (Fsp3) is 0.545. The van der Waals surface area contributed by atoms with Gasteiger partial charge in [-0.15, -0.1) is 11.6 Å². The summed E-state index contributed by atoms with van der Waals surface area (Å²) < 4.78 is 30.4. The van der Waals surface area contributed by atoms with Crippen LogP contribution >= 0.6 is 11.6 Å². The summed E-state index contributed by atoms with van der Waals surface area (Å²) in [5, 5.41) is 0.0382. The molecule has 0 fully saturated rings. The minimum atomic E-state index is -3.52. The molecule has 0 saturated carbocycles. The van der Waals surface area contributed by atoms with E-state index in [4.69, 9.17) is 16.3 Å². The second-order valence-corrected chi connectivity index (χ2v) is 6.07. The summed E-state index contributed by atoms with van der Waals surface area (Å²) in [5.41, 5.74) is 0.789. The van der Waals surface area contributed by atoms with Crippen LogP contribution in [0.4, 0.5) is 0 Å². The van der Waals surface area contributed by atoms with E-state index in [2.05, 4.69) is 4.98 Å². The van der Waals surface area contributed by atoms with Crippen LogP contribution in [0, 0.1) is 0 Å². The summed E-state index contributed by atoms with van der Waals surface area (Å²) in [5.74, 6) is 0.316. The van der Waals surface area contributed by atoms with Crippen molar-refractivity contribution in [3.05, 3.63) is 23.9 Å². The Morgan fingerprint density at radius 3 is 2.67 bits per heavy atom. The molecule has 0 aliphatic heterocycles. The molecular formula is C11H17ClN2O3S. The number of hydrogen-bond acceptors (Lipinski definition) is 4. The number of hydrogen-bond donors (Lipinski definition) is 0. The third-order valence-electron chi connectivity index (χ3n) is 2.45. The van der Waals surface area contributed by atoms with Crippen LogP contribution in [0.25, 0.3) is 0 Å². The van der Waals surface area contributed by atoms with E-state index in [1.54, 1.807) is 13.2 Å². The maximum Gasteiger partial charge on any atom is 0.260 e. The first-order valence-corrected chi connectivity index (χ1v) is 7.46. The standard InChI is InChI=1S/C11H17ClN2O3S/c1-14(6-3-7-17-2)18(15,16)11-5-4-10(8-12)9-13-11/h4-5,9H,3,6-8H2,1-2H3. The molecule has 0 unspecified atom stereocenters. The van der Waals surface area contributed by atoms with E-state index in [-0.39, 0.29) is 5.03 Å². The molecule has 5 nitrogen and oxygen atoms in total. The summed E-state index contributed by atoms with van der Waals surface area (Å²) in [6, 6.07) is 3.13. The normalized spacial score (nSPS) is 12.0. The number of pyridine rings is 1. The Hall–Kier alpha value is -0.690. The quantitative estimate of drug-likeness (QED) is 0.564. The molecule has 0 spiro atoms. The zero-order valence-electron chi connectivity index (χ0n) is 10.5. The Bertz CT molecular complexity index is 462. The maximum atomic E-state index is 12.1. The second kappa shape index (κ2) is 7.04. The van der Waals surface area contributed by atoms with Crippen molar-refractivity contribution in [2.75, 3.05) is 27.3 Å². The molecule has 0 bridgehead atoms. The number of ether oxygens (including phenoxy) is 1. The van der Waals surface area contributed by atoms with Gasteiger partial charge in [0.25, 0.3) is 10.0 Å². The van der Waals surface area contributed by atoms with Gasteiger partial charge in [0.05, 0.1) is 0 Å². The second-order valence-electron chi connectivity index (χ2n) is 3.81. The molecule has 18 heavy (non-hydrogen) atoms. The van der Waals surface area contributed by atoms with Crippen LogP contribution in [0.3, 0.4) is 0 Å². The van der Waals surface area contributed by atoms with Gasteiger partial charge in [-0.2, -0.15) is 4.31 Å². The number of aromatic nitrogens is 1. The minimum absolute atomic E-state index is 0.0382. The lowest BCUT2D eigenvalue weighted by molar-refractivity contribution is 0.189. The molecule has 0 aromatic carbocycles. The van der Waals surface area contributed by atoms with Gasteiger partial charge in [-0.3, -0.25) is 0 Å². The Labute approximate surface area is 113 Å². The molecule has 7 heteroatoms. The summed E-state index contributed by atoms with van der Waals surface area (Å²) in [6.45, 7) is 0.924. The van der Waals surface area contributed by atoms with Crippen LogP contribution in [0.15, 0.2) is 23.4 Å². The van der Waals surface area contributed by atoms with Crippen LogP contribution in [0.5, 0.6) is 0 Å². The monoisotopic (exact) mass is 292 g/mol. The molecule has 0 saturated heterocycles. The van der Waals surface area contributed by atoms with E-state index in [0.717, 1.165) is 5.56 Å². The van der Waals surface area contributed by atoms with Crippen molar-refractivity contribution < 1.29 is 13.2 Å². The van der Waals surface area contributed by atoms with Crippen molar-refractivity contribution in [3.63, 3.8) is 0 Å². The smallest absolute Gasteiger partial charge is 0.260 e. The van der Waals surface area contributed by atoms with Gasteiger partial charge >= 0.3 is 0 Å². The molecule has 0 N–H and O–H groups in total. The molecule has 0 amide bonds. The first kappa shape index (κ1) is 15.4. The third kappa shape index (κ3) is 3.91. The SMILES string of the molecule is COCCCN(C)S(=O)(=O)c1ccc(CCl)cn1. The number of halogens is 1. The largest absolute Gasteiger partial charge is 0.385 e. The molecule has 0 aliphatic carbocycles. The van der Waals surface area contributed by atoms with E-state index in [1.807, 2.05) is 0 Å². The van der Waals surface area contributed by atoms with Crippen LogP contribution < -0.4 is 0 Å². The van der Waals surface area contributed by atoms with Gasteiger partial charge in [0.1, 0.15) is 0 Å². The highest BCUT2D eigenvalue weighted by atomic mass is 35.5. The predicted molar refractivity (Wildman–Crippen MR) is 70.1 cm³/mol. The van der Waals surface area contributed by atoms with Gasteiger partial charge in [-0.25, -0.2) is 13.4 Å². The fourth-order valence-corrected chi connectivity index (χ4v) is 2.63. The molecule has 0 radical (unpaired) electrons. The van der Waals surface area contributed by atoms with E-state index < -0.39 is 10.0 Å². The highest BCUT2D eigenvalue weighted by Crippen LogP contribution is 2.13. The van der Waals surface area contributed by atoms with E-state index >= 15 is 0 Å². The van der Waals surface area contributed by atoms with Crippen LogP contribution in [0.2, 0.25) is 0 Å². The number of rotatable bonds is 7. The zero-order chi connectivity index (χ0) is 13.6. The maximum absolute atomic E-state index is 12.1. The Kier molecular flexibility index (Phi) is 6.01. The first-order valence-electron chi connectivity index (χ1n) is 5.48. The van der Waals surface area contributed by atoms with Crippen molar-refractivity contribution in [1.82, 2.24) is 9.29 Å². The lowest BCUT2D eigenvalue weighted by atomic mass is 10.3. The first-order chi connectivity index (χ1) is 8.52. The molecule has 1 rings (SSSR count). The average Bonchev–Trinajstić information content (AvgIpc) is 2.39. The van der Waals surface area contributed by atoms with Crippen molar-refractivity contribution >= 4 is 21.6 Å². The molecule has 0 aliphatic rings. The molecule has 102 valence electrons. The van der Waals surface area contributed by atoms with Gasteiger partial charge in [0.15, 0.2) is 5.03 Å². The van der Waals surface area contributed by atoms with Gasteiger partial charge in [-0.1, -0.05) is 6.07 Å². The fourth-order valence-electron chi connectivity index (χ4n) is 1.35. The number of alkyl halides is 1. The topological polar surface area (TPSA) is 59.5 Å². The van der Waals surface area contributed by atoms with Gasteiger partial charge in [0.2, 0.25) is 0 Å². The molecule has 0 atom stereocenters. The Morgan fingerprint density at radius 2 is 2.17 bits per heavy atom. The number of methoxy groups -OCH3 is 1. The highest BCUT2D eigenvalue weighted by Gasteiger charge is 2.21. The molecule has 1 aromatic heterocycles. The number of nitrogens with zero attached hydrogens (tertiary/aromatic N) is 2. The Morgan fingerprint density at radius 1 is 1.44 bits per heavy atom. The zero-order valence-corrected chi connectivity index (χ0v) is 12.0. The van der Waals surface area contributed by atoms with Crippen molar-refractivity contribution in [3.8, 4) is 0 Å². The number of sulfonamides is 1. The van der Waals surface area contributed by atoms with Crippen LogP contribution in [-0.2, 0) is 20.6 Å². The van der Waals surface area contributed by atoms with Crippen molar-refractivity contribution in [2.45, 2.75) is 17.3 Å². The van der Waals surface area contributed by atoms with E-state index in [0.29, 0.717) is 25.5 Å². The minimum Gasteiger partial charge on any atom is -0.385 e. The molecular weight excluding hydrogens is 276 g/mol. The Balaban J connectivity index is 2.77. The van der Waals surface area contributed by atoms with Crippen molar-refractivity contribution in [1.29, 1.82) is 0 Å². The van der Waals surface area contributed by atoms with E-state index in [9.17, 15) is 8.42 Å². The van der Waals surface area contributed by atoms with Gasteiger partial charge in [-0.05, 0) is 18.1 Å². The molecule has 1 heterocycles. The lowest BCUT2D eigenvalue weighted by Crippen LogP contribution is -2.29. The average molecular weight is 293 g/mol. The van der Waals surface area contributed by atoms with Crippen LogP contribution in [0.1, 0.15) is 12.0 Å². The summed E-state index contributed by atoms with van der Waals surface area (Å²) >= 11 is 5.63. The molecule has 1 aromatic rings. The predicted octanol–water partition coefficient (Wildman–Crippen LogP) is 1.48. The summed E-state index contributed by atoms with van der Waals surface area (Å²) in [4.78, 5) is 3.93.